The average molecular weight is 436 g/mol. The van der Waals surface area contributed by atoms with Gasteiger partial charge in [0.1, 0.15) is 0 Å². The van der Waals surface area contributed by atoms with Crippen molar-refractivity contribution in [2.75, 3.05) is 26.2 Å². The third-order valence-electron chi connectivity index (χ3n) is 7.27. The van der Waals surface area contributed by atoms with Gasteiger partial charge in [-0.2, -0.15) is 0 Å². The summed E-state index contributed by atoms with van der Waals surface area (Å²) in [6, 6.07) is 8.18. The van der Waals surface area contributed by atoms with Crippen LogP contribution in [0, 0.1) is 11.8 Å². The zero-order chi connectivity index (χ0) is 20.2. The molecule has 0 bridgehead atoms. The summed E-state index contributed by atoms with van der Waals surface area (Å²) in [5, 5.41) is 10.2. The molecule has 1 aliphatic heterocycles. The van der Waals surface area contributed by atoms with Gasteiger partial charge >= 0.3 is 5.69 Å². The third-order valence-corrected chi connectivity index (χ3v) is 7.27. The summed E-state index contributed by atoms with van der Waals surface area (Å²) in [6.07, 6.45) is 10.6. The number of hydrogen-bond donors (Lipinski definition) is 1. The molecule has 2 aromatic rings. The van der Waals surface area contributed by atoms with Crippen LogP contribution in [0.25, 0.3) is 11.0 Å². The molecule has 2 fully saturated rings. The van der Waals surface area contributed by atoms with Crippen LogP contribution in [0.4, 0.5) is 0 Å². The molecule has 0 spiro atoms. The van der Waals surface area contributed by atoms with Gasteiger partial charge in [-0.3, -0.25) is 9.13 Å². The Bertz CT molecular complexity index is 854. The van der Waals surface area contributed by atoms with Gasteiger partial charge in [0.25, 0.3) is 0 Å². The van der Waals surface area contributed by atoms with Crippen molar-refractivity contribution in [3.63, 3.8) is 0 Å². The number of likely N-dealkylation sites (tertiary alicyclic amines) is 1. The molecule has 1 saturated heterocycles. The fraction of sp³-hybridized carbons (Fsp3) is 0.708. The van der Waals surface area contributed by atoms with Gasteiger partial charge in [-0.05, 0) is 44.2 Å². The van der Waals surface area contributed by atoms with Crippen molar-refractivity contribution in [3.05, 3.63) is 34.7 Å². The number of hydrogen-bond acceptors (Lipinski definition) is 3. The highest BCUT2D eigenvalue weighted by Crippen LogP contribution is 2.32. The first-order valence-electron chi connectivity index (χ1n) is 11.8. The minimum Gasteiger partial charge on any atom is -0.396 e. The van der Waals surface area contributed by atoms with Gasteiger partial charge in [0, 0.05) is 44.7 Å². The molecule has 0 amide bonds. The Morgan fingerprint density at radius 3 is 2.33 bits per heavy atom. The molecule has 1 N–H and O–H groups in total. The number of halogens is 1. The summed E-state index contributed by atoms with van der Waals surface area (Å²) in [6.45, 7) is 5.93. The molecule has 2 aliphatic rings. The van der Waals surface area contributed by atoms with Gasteiger partial charge in [-0.1, -0.05) is 44.2 Å². The first kappa shape index (κ1) is 23.4. The van der Waals surface area contributed by atoms with Crippen molar-refractivity contribution >= 4 is 23.4 Å². The molecule has 168 valence electrons. The van der Waals surface area contributed by atoms with Crippen LogP contribution in [0.1, 0.15) is 64.3 Å². The number of aryl methyl sites for hydroxylation is 1. The summed E-state index contributed by atoms with van der Waals surface area (Å²) < 4.78 is 3.84. The Morgan fingerprint density at radius 1 is 1.00 bits per heavy atom. The second kappa shape index (κ2) is 10.8. The number of para-hydroxylation sites is 2. The van der Waals surface area contributed by atoms with Crippen molar-refractivity contribution in [3.8, 4) is 0 Å². The smallest absolute Gasteiger partial charge is 0.329 e. The van der Waals surface area contributed by atoms with Crippen LogP contribution in [-0.2, 0) is 6.54 Å². The van der Waals surface area contributed by atoms with Gasteiger partial charge < -0.3 is 10.0 Å². The number of imidazole rings is 1. The number of benzene rings is 1. The maximum absolute atomic E-state index is 13.2. The van der Waals surface area contributed by atoms with Gasteiger partial charge in [-0.25, -0.2) is 4.79 Å². The highest BCUT2D eigenvalue weighted by molar-refractivity contribution is 5.85. The Morgan fingerprint density at radius 2 is 1.67 bits per heavy atom. The van der Waals surface area contributed by atoms with Gasteiger partial charge in [0.2, 0.25) is 0 Å². The second-order valence-electron chi connectivity index (χ2n) is 9.15. The van der Waals surface area contributed by atoms with E-state index in [2.05, 4.69) is 11.0 Å². The normalized spacial score (nSPS) is 24.3. The van der Waals surface area contributed by atoms with Crippen LogP contribution in [0.3, 0.4) is 0 Å². The van der Waals surface area contributed by atoms with E-state index in [4.69, 9.17) is 0 Å². The molecule has 4 rings (SSSR count). The minimum absolute atomic E-state index is 0. The second-order valence-corrected chi connectivity index (χ2v) is 9.15. The SMILES string of the molecule is CCn1c(=O)n([C@@H]2CCN(CC3CCCCCCC3)C[C@@H]2CO)c2ccccc21.Cl. The number of fused-ring (bicyclic) bond motifs is 1. The number of piperidine rings is 1. The number of aliphatic hydroxyl groups is 1. The Labute approximate surface area is 186 Å². The maximum atomic E-state index is 13.2. The minimum atomic E-state index is 0. The summed E-state index contributed by atoms with van der Waals surface area (Å²) >= 11 is 0. The largest absolute Gasteiger partial charge is 0.396 e. The van der Waals surface area contributed by atoms with Gasteiger partial charge in [-0.15, -0.1) is 12.4 Å². The zero-order valence-corrected chi connectivity index (χ0v) is 19.2. The Kier molecular flexibility index (Phi) is 8.44. The summed E-state index contributed by atoms with van der Waals surface area (Å²) in [4.78, 5) is 15.7. The fourth-order valence-electron chi connectivity index (χ4n) is 5.73. The van der Waals surface area contributed by atoms with Gasteiger partial charge in [0.05, 0.1) is 11.0 Å². The summed E-state index contributed by atoms with van der Waals surface area (Å²) in [5.41, 5.74) is 2.09. The molecule has 2 atom stereocenters. The van der Waals surface area contributed by atoms with E-state index in [-0.39, 0.29) is 36.7 Å². The van der Waals surface area contributed by atoms with E-state index in [9.17, 15) is 9.90 Å². The van der Waals surface area contributed by atoms with E-state index in [1.807, 2.05) is 34.3 Å². The lowest BCUT2D eigenvalue weighted by atomic mass is 9.88. The highest BCUT2D eigenvalue weighted by atomic mass is 35.5. The molecule has 1 aromatic carbocycles. The van der Waals surface area contributed by atoms with Crippen LogP contribution in [0.2, 0.25) is 0 Å². The molecule has 6 heteroatoms. The van der Waals surface area contributed by atoms with E-state index in [1.54, 1.807) is 0 Å². The predicted octanol–water partition coefficient (Wildman–Crippen LogP) is 4.46. The van der Waals surface area contributed by atoms with Crippen LogP contribution in [0.5, 0.6) is 0 Å². The van der Waals surface area contributed by atoms with Crippen molar-refractivity contribution in [1.29, 1.82) is 0 Å². The Hall–Kier alpha value is -1.30. The van der Waals surface area contributed by atoms with E-state index in [1.165, 1.54) is 44.9 Å². The lowest BCUT2D eigenvalue weighted by Crippen LogP contribution is -2.46. The molecule has 5 nitrogen and oxygen atoms in total. The highest BCUT2D eigenvalue weighted by Gasteiger charge is 2.33. The van der Waals surface area contributed by atoms with Crippen LogP contribution in [0.15, 0.2) is 29.1 Å². The standard InChI is InChI=1S/C24H37N3O2.ClH/c1-2-26-22-12-8-9-13-23(22)27(24(26)29)21-14-15-25(17-20(21)18-28)16-19-10-6-4-3-5-7-11-19;/h8-9,12-13,19-21,28H,2-7,10-11,14-18H2,1H3;1H/t20-,21-;/m1./s1. The average Bonchev–Trinajstić information content (AvgIpc) is 3.00. The molecule has 1 aromatic heterocycles. The number of aliphatic hydroxyl groups excluding tert-OH is 1. The van der Waals surface area contributed by atoms with Crippen molar-refractivity contribution in [2.24, 2.45) is 11.8 Å². The van der Waals surface area contributed by atoms with Crippen LogP contribution < -0.4 is 5.69 Å². The van der Waals surface area contributed by atoms with Crippen LogP contribution in [-0.4, -0.2) is 45.4 Å². The third kappa shape index (κ3) is 4.79. The molecule has 0 radical (unpaired) electrons. The Balaban J connectivity index is 0.00000256. The van der Waals surface area contributed by atoms with E-state index in [0.717, 1.165) is 43.0 Å². The lowest BCUT2D eigenvalue weighted by Gasteiger charge is -2.40. The molecular formula is C24H38ClN3O2. The van der Waals surface area contributed by atoms with Gasteiger partial charge in [0.15, 0.2) is 0 Å². The first-order chi connectivity index (χ1) is 14.2. The van der Waals surface area contributed by atoms with Crippen molar-refractivity contribution in [2.45, 2.75) is 70.9 Å². The lowest BCUT2D eigenvalue weighted by molar-refractivity contribution is 0.0647. The molecule has 2 heterocycles. The predicted molar refractivity (Wildman–Crippen MR) is 126 cm³/mol. The van der Waals surface area contributed by atoms with Crippen LogP contribution >= 0.6 is 12.4 Å². The number of aromatic nitrogens is 2. The first-order valence-corrected chi connectivity index (χ1v) is 11.8. The monoisotopic (exact) mass is 435 g/mol. The zero-order valence-electron chi connectivity index (χ0n) is 18.3. The van der Waals surface area contributed by atoms with E-state index < -0.39 is 0 Å². The number of rotatable bonds is 5. The molecule has 1 aliphatic carbocycles. The van der Waals surface area contributed by atoms with E-state index in [0.29, 0.717) is 6.54 Å². The van der Waals surface area contributed by atoms with Crippen molar-refractivity contribution in [1.82, 2.24) is 14.0 Å². The summed E-state index contributed by atoms with van der Waals surface area (Å²) in [5.74, 6) is 0.919. The molecular weight excluding hydrogens is 398 g/mol. The molecule has 30 heavy (non-hydrogen) atoms. The quantitative estimate of drug-likeness (QED) is 0.754. The summed E-state index contributed by atoms with van der Waals surface area (Å²) in [7, 11) is 0. The number of nitrogens with zero attached hydrogens (tertiary/aromatic N) is 3. The molecule has 1 saturated carbocycles. The topological polar surface area (TPSA) is 50.4 Å². The van der Waals surface area contributed by atoms with E-state index >= 15 is 0 Å². The van der Waals surface area contributed by atoms with Crippen molar-refractivity contribution < 1.29 is 5.11 Å². The fourth-order valence-corrected chi connectivity index (χ4v) is 5.73. The maximum Gasteiger partial charge on any atom is 0.329 e. The molecule has 0 unspecified atom stereocenters.